The van der Waals surface area contributed by atoms with Crippen LogP contribution >= 0.6 is 0 Å². The molecule has 1 heterocycles. The number of quaternary nitrogens is 1. The van der Waals surface area contributed by atoms with Crippen molar-refractivity contribution in [2.75, 3.05) is 13.2 Å². The van der Waals surface area contributed by atoms with E-state index in [0.29, 0.717) is 13.0 Å². The number of likely N-dealkylation sites (tertiary alicyclic amines) is 1. The summed E-state index contributed by atoms with van der Waals surface area (Å²) in [5, 5.41) is 17.7. The van der Waals surface area contributed by atoms with Crippen LogP contribution in [0.1, 0.15) is 6.42 Å². The van der Waals surface area contributed by atoms with Crippen molar-refractivity contribution in [3.8, 4) is 0 Å². The first-order chi connectivity index (χ1) is 4.24. The molecule has 0 radical (unpaired) electrons. The van der Waals surface area contributed by atoms with Gasteiger partial charge in [-0.1, -0.05) is 0 Å². The predicted octanol–water partition coefficient (Wildman–Crippen LogP) is -2.21. The molecule has 0 aliphatic carbocycles. The Bertz CT molecular complexity index is 97.1. The van der Waals surface area contributed by atoms with Gasteiger partial charge in [0.05, 0.1) is 19.2 Å². The summed E-state index contributed by atoms with van der Waals surface area (Å²) in [5.74, 6) is 0. The summed E-state index contributed by atoms with van der Waals surface area (Å²) in [6, 6.07) is 0.153. The van der Waals surface area contributed by atoms with Crippen molar-refractivity contribution in [2.45, 2.75) is 18.6 Å². The van der Waals surface area contributed by atoms with Gasteiger partial charge >= 0.3 is 0 Å². The highest BCUT2D eigenvalue weighted by atomic mass is 16.3. The second-order valence-electron chi connectivity index (χ2n) is 2.63. The topological polar surface area (TPSA) is 44.9 Å². The first-order valence-electron chi connectivity index (χ1n) is 3.20. The summed E-state index contributed by atoms with van der Waals surface area (Å²) in [6.45, 7) is 0.807. The molecule has 0 spiro atoms. The molecule has 9 heavy (non-hydrogen) atoms. The third-order valence-electron chi connectivity index (χ3n) is 1.85. The maximum absolute atomic E-state index is 9.03. The van der Waals surface area contributed by atoms with Gasteiger partial charge in [0.1, 0.15) is 6.10 Å². The zero-order valence-corrected chi connectivity index (χ0v) is 5.38. The van der Waals surface area contributed by atoms with Crippen molar-refractivity contribution in [3.63, 3.8) is 0 Å². The Hall–Kier alpha value is -0.120. The van der Waals surface area contributed by atoms with Gasteiger partial charge in [-0.15, -0.1) is 0 Å². The van der Waals surface area contributed by atoms with Crippen molar-refractivity contribution in [3.05, 3.63) is 7.05 Å². The summed E-state index contributed by atoms with van der Waals surface area (Å²) < 4.78 is 0. The van der Waals surface area contributed by atoms with E-state index in [1.807, 2.05) is 0 Å². The quantitative estimate of drug-likeness (QED) is 0.353. The zero-order valence-electron chi connectivity index (χ0n) is 5.38. The molecular weight excluding hydrogens is 118 g/mol. The second-order valence-corrected chi connectivity index (χ2v) is 2.63. The molecule has 1 aliphatic heterocycles. The molecule has 0 saturated carbocycles. The molecule has 1 rings (SSSR count). The van der Waals surface area contributed by atoms with Crippen molar-refractivity contribution < 1.29 is 15.1 Å². The van der Waals surface area contributed by atoms with Crippen molar-refractivity contribution in [1.29, 1.82) is 0 Å². The SMILES string of the molecule is [CH2-][NH+]1C[C@H](O)C[C@H]1CO. The molecule has 3 atom stereocenters. The average molecular weight is 131 g/mol. The van der Waals surface area contributed by atoms with Gasteiger partial charge in [0, 0.05) is 6.42 Å². The predicted molar refractivity (Wildman–Crippen MR) is 32.7 cm³/mol. The van der Waals surface area contributed by atoms with Crippen molar-refractivity contribution in [1.82, 2.24) is 0 Å². The van der Waals surface area contributed by atoms with E-state index in [2.05, 4.69) is 7.05 Å². The number of aliphatic hydroxyl groups is 2. The van der Waals surface area contributed by atoms with Crippen molar-refractivity contribution in [2.24, 2.45) is 0 Å². The van der Waals surface area contributed by atoms with Gasteiger partial charge < -0.3 is 15.1 Å². The number of hydrogen-bond acceptors (Lipinski definition) is 2. The first kappa shape index (κ1) is 6.99. The highest BCUT2D eigenvalue weighted by Crippen LogP contribution is 1.99. The normalized spacial score (nSPS) is 43.7. The Morgan fingerprint density at radius 2 is 2.33 bits per heavy atom. The minimum atomic E-state index is -0.255. The maximum Gasteiger partial charge on any atom is 0.106 e. The Kier molecular flexibility index (Phi) is 2.05. The molecule has 3 heteroatoms. The summed E-state index contributed by atoms with van der Waals surface area (Å²) >= 11 is 0. The van der Waals surface area contributed by atoms with Crippen LogP contribution in [0.25, 0.3) is 0 Å². The van der Waals surface area contributed by atoms with Crippen molar-refractivity contribution >= 4 is 0 Å². The van der Waals surface area contributed by atoms with Gasteiger partial charge in [-0.25, -0.2) is 0 Å². The average Bonchev–Trinajstić information content (AvgIpc) is 2.10. The molecule has 54 valence electrons. The minimum absolute atomic E-state index is 0.135. The lowest BCUT2D eigenvalue weighted by molar-refractivity contribution is -0.868. The fourth-order valence-corrected chi connectivity index (χ4v) is 1.25. The zero-order chi connectivity index (χ0) is 6.85. The van der Waals surface area contributed by atoms with E-state index in [-0.39, 0.29) is 18.8 Å². The largest absolute Gasteiger partial charge is 0.461 e. The van der Waals surface area contributed by atoms with Crippen LogP contribution in [0.4, 0.5) is 0 Å². The highest BCUT2D eigenvalue weighted by Gasteiger charge is 2.27. The molecule has 0 aromatic carbocycles. The summed E-state index contributed by atoms with van der Waals surface area (Å²) in [7, 11) is 3.74. The Labute approximate surface area is 54.9 Å². The monoisotopic (exact) mass is 131 g/mol. The van der Waals surface area contributed by atoms with E-state index in [1.54, 1.807) is 0 Å². The highest BCUT2D eigenvalue weighted by molar-refractivity contribution is 4.68. The molecular formula is C6H13NO2. The lowest BCUT2D eigenvalue weighted by Gasteiger charge is -2.19. The van der Waals surface area contributed by atoms with E-state index in [1.165, 1.54) is 0 Å². The molecule has 0 aromatic heterocycles. The van der Waals surface area contributed by atoms with Crippen LogP contribution in [0.3, 0.4) is 0 Å². The fraction of sp³-hybridized carbons (Fsp3) is 0.833. The van der Waals surface area contributed by atoms with E-state index < -0.39 is 0 Å². The first-order valence-corrected chi connectivity index (χ1v) is 3.20. The van der Waals surface area contributed by atoms with Crippen LogP contribution in [-0.4, -0.2) is 35.5 Å². The molecule has 0 bridgehead atoms. The maximum atomic E-state index is 9.03. The van der Waals surface area contributed by atoms with Crippen LogP contribution < -0.4 is 4.90 Å². The van der Waals surface area contributed by atoms with Crippen LogP contribution in [0.15, 0.2) is 0 Å². The number of hydrogen-bond donors (Lipinski definition) is 3. The van der Waals surface area contributed by atoms with E-state index in [4.69, 9.17) is 10.2 Å². The molecule has 1 unspecified atom stereocenters. The molecule has 1 fully saturated rings. The molecule has 3 nitrogen and oxygen atoms in total. The lowest BCUT2D eigenvalue weighted by Crippen LogP contribution is -3.09. The standard InChI is InChI=1S/C6H13NO2/c1-7-3-6(9)2-5(7)4-8/h5-9H,1-4H2/t5-,6+/m0/s1. The third-order valence-corrected chi connectivity index (χ3v) is 1.85. The van der Waals surface area contributed by atoms with Gasteiger partial charge in [-0.05, 0) is 0 Å². The molecule has 1 aliphatic rings. The van der Waals surface area contributed by atoms with Crippen LogP contribution in [-0.2, 0) is 0 Å². The summed E-state index contributed by atoms with van der Waals surface area (Å²) in [4.78, 5) is 0.991. The van der Waals surface area contributed by atoms with Crippen LogP contribution in [0.5, 0.6) is 0 Å². The van der Waals surface area contributed by atoms with Crippen LogP contribution in [0.2, 0.25) is 0 Å². The van der Waals surface area contributed by atoms with Gasteiger partial charge in [-0.3, -0.25) is 0 Å². The van der Waals surface area contributed by atoms with E-state index >= 15 is 0 Å². The van der Waals surface area contributed by atoms with Gasteiger partial charge in [0.25, 0.3) is 0 Å². The fourth-order valence-electron chi connectivity index (χ4n) is 1.25. The second kappa shape index (κ2) is 2.64. The number of nitrogens with one attached hydrogen (secondary N) is 1. The lowest BCUT2D eigenvalue weighted by atomic mass is 10.2. The van der Waals surface area contributed by atoms with Crippen LogP contribution in [0, 0.1) is 7.05 Å². The number of aliphatic hydroxyl groups excluding tert-OH is 2. The van der Waals surface area contributed by atoms with Gasteiger partial charge in [0.15, 0.2) is 0 Å². The van der Waals surface area contributed by atoms with Gasteiger partial charge in [-0.2, -0.15) is 7.05 Å². The number of rotatable bonds is 1. The molecule has 1 saturated heterocycles. The summed E-state index contributed by atoms with van der Waals surface area (Å²) in [5.41, 5.74) is 0. The minimum Gasteiger partial charge on any atom is -0.461 e. The molecule has 0 amide bonds. The molecule has 3 N–H and O–H groups in total. The van der Waals surface area contributed by atoms with Gasteiger partial charge in [0.2, 0.25) is 0 Å². The molecule has 0 aromatic rings. The van der Waals surface area contributed by atoms with E-state index in [9.17, 15) is 0 Å². The smallest absolute Gasteiger partial charge is 0.106 e. The van der Waals surface area contributed by atoms with E-state index in [0.717, 1.165) is 4.90 Å². The Morgan fingerprint density at radius 1 is 1.67 bits per heavy atom. The summed E-state index contributed by atoms with van der Waals surface area (Å²) in [6.07, 6.45) is 0.435. The Balaban J connectivity index is 2.38. The Morgan fingerprint density at radius 3 is 2.56 bits per heavy atom. The third kappa shape index (κ3) is 1.41.